The number of aromatic nitrogens is 4. The Kier molecular flexibility index (Phi) is 3.29. The first-order valence-corrected chi connectivity index (χ1v) is 5.33. The van der Waals surface area contributed by atoms with Crippen molar-refractivity contribution in [3.63, 3.8) is 0 Å². The molecule has 0 spiro atoms. The number of benzene rings is 1. The Hall–Kier alpha value is -3.04. The topological polar surface area (TPSA) is 133 Å². The molecule has 0 aliphatic carbocycles. The second kappa shape index (κ2) is 4.91. The van der Waals surface area contributed by atoms with E-state index in [1.807, 2.05) is 0 Å². The molecule has 1 aromatic heterocycles. The number of rotatable bonds is 3. The minimum atomic E-state index is -0.746. The summed E-state index contributed by atoms with van der Waals surface area (Å²) >= 11 is 0. The fraction of sp³-hybridized carbons (Fsp3) is 0.200. The zero-order chi connectivity index (χ0) is 14.9. The SMILES string of the molecule is COC(=O)c1cc([N+](=O)[O-])cc(-n2nn[nH]c2=O)c1C. The third kappa shape index (κ3) is 2.13. The fourth-order valence-electron chi connectivity index (χ4n) is 1.69. The number of nitro groups is 1. The molecule has 0 saturated heterocycles. The van der Waals surface area contributed by atoms with E-state index in [-0.39, 0.29) is 16.9 Å². The largest absolute Gasteiger partial charge is 0.465 e. The summed E-state index contributed by atoms with van der Waals surface area (Å²) in [6.45, 7) is 1.52. The van der Waals surface area contributed by atoms with E-state index < -0.39 is 16.6 Å². The van der Waals surface area contributed by atoms with Crippen molar-refractivity contribution in [3.05, 3.63) is 43.9 Å². The summed E-state index contributed by atoms with van der Waals surface area (Å²) in [7, 11) is 1.16. The molecule has 0 amide bonds. The quantitative estimate of drug-likeness (QED) is 0.473. The van der Waals surface area contributed by atoms with Crippen LogP contribution in [-0.4, -0.2) is 38.2 Å². The van der Waals surface area contributed by atoms with E-state index in [0.29, 0.717) is 5.56 Å². The van der Waals surface area contributed by atoms with E-state index in [1.54, 1.807) is 0 Å². The second-order valence-electron chi connectivity index (χ2n) is 3.80. The van der Waals surface area contributed by atoms with Gasteiger partial charge in [-0.25, -0.2) is 14.7 Å². The van der Waals surface area contributed by atoms with Crippen LogP contribution in [0.3, 0.4) is 0 Å². The predicted octanol–water partition coefficient (Wildman–Crippen LogP) is -0.0412. The van der Waals surface area contributed by atoms with Crippen molar-refractivity contribution < 1.29 is 14.5 Å². The first kappa shape index (κ1) is 13.4. The molecule has 1 aromatic carbocycles. The molecule has 0 bridgehead atoms. The van der Waals surface area contributed by atoms with Crippen LogP contribution in [0.15, 0.2) is 16.9 Å². The van der Waals surface area contributed by atoms with Crippen LogP contribution in [0, 0.1) is 17.0 Å². The van der Waals surface area contributed by atoms with Gasteiger partial charge in [0.2, 0.25) is 0 Å². The Morgan fingerprint density at radius 3 is 2.70 bits per heavy atom. The maximum absolute atomic E-state index is 11.6. The number of hydrogen-bond donors (Lipinski definition) is 1. The summed E-state index contributed by atoms with van der Waals surface area (Å²) in [6.07, 6.45) is 0. The number of nitrogens with one attached hydrogen (secondary N) is 1. The van der Waals surface area contributed by atoms with Gasteiger partial charge in [0, 0.05) is 12.1 Å². The zero-order valence-corrected chi connectivity index (χ0v) is 10.5. The van der Waals surface area contributed by atoms with Crippen LogP contribution in [-0.2, 0) is 4.74 Å². The Balaban J connectivity index is 2.77. The number of nitrogens with zero attached hydrogens (tertiary/aromatic N) is 4. The number of methoxy groups -OCH3 is 1. The summed E-state index contributed by atoms with van der Waals surface area (Å²) in [4.78, 5) is 33.4. The van der Waals surface area contributed by atoms with E-state index in [1.165, 1.54) is 6.92 Å². The lowest BCUT2D eigenvalue weighted by atomic mass is 10.1. The molecule has 0 unspecified atom stereocenters. The van der Waals surface area contributed by atoms with Crippen molar-refractivity contribution in [3.8, 4) is 5.69 Å². The number of carbonyl (C=O) groups is 1. The first-order chi connectivity index (χ1) is 9.45. The number of carbonyl (C=O) groups excluding carboxylic acids is 1. The van der Waals surface area contributed by atoms with Crippen molar-refractivity contribution in [2.24, 2.45) is 0 Å². The molecule has 1 N–H and O–H groups in total. The molecular weight excluding hydrogens is 270 g/mol. The molecule has 20 heavy (non-hydrogen) atoms. The summed E-state index contributed by atoms with van der Waals surface area (Å²) in [6, 6.07) is 2.21. The van der Waals surface area contributed by atoms with E-state index in [0.717, 1.165) is 23.9 Å². The Bertz CT molecular complexity index is 747. The molecule has 0 saturated carbocycles. The normalized spacial score (nSPS) is 10.3. The molecule has 1 heterocycles. The van der Waals surface area contributed by atoms with Crippen LogP contribution in [0.1, 0.15) is 15.9 Å². The van der Waals surface area contributed by atoms with Gasteiger partial charge < -0.3 is 4.74 Å². The van der Waals surface area contributed by atoms with E-state index >= 15 is 0 Å². The summed E-state index contributed by atoms with van der Waals surface area (Å²) in [5, 5.41) is 19.8. The highest BCUT2D eigenvalue weighted by Gasteiger charge is 2.21. The molecule has 104 valence electrons. The third-order valence-corrected chi connectivity index (χ3v) is 2.68. The molecule has 10 heteroatoms. The molecular formula is C10H9N5O5. The van der Waals surface area contributed by atoms with Crippen molar-refractivity contribution in [1.29, 1.82) is 0 Å². The first-order valence-electron chi connectivity index (χ1n) is 5.33. The lowest BCUT2D eigenvalue weighted by Crippen LogP contribution is -2.19. The molecule has 0 fully saturated rings. The Morgan fingerprint density at radius 2 is 2.20 bits per heavy atom. The number of esters is 1. The Morgan fingerprint density at radius 1 is 1.50 bits per heavy atom. The van der Waals surface area contributed by atoms with Gasteiger partial charge in [-0.3, -0.25) is 10.1 Å². The van der Waals surface area contributed by atoms with Crippen LogP contribution >= 0.6 is 0 Å². The molecule has 0 aliphatic rings. The van der Waals surface area contributed by atoms with Gasteiger partial charge in [0.1, 0.15) is 0 Å². The van der Waals surface area contributed by atoms with Crippen molar-refractivity contribution in [2.45, 2.75) is 6.92 Å². The standard InChI is InChI=1S/C10H9N5O5/c1-5-7(9(16)20-2)3-6(15(18)19)4-8(5)14-10(17)11-12-13-14/h3-4H,1-2H3,(H,11,13,17). The maximum atomic E-state index is 11.6. The highest BCUT2D eigenvalue weighted by molar-refractivity contribution is 5.93. The predicted molar refractivity (Wildman–Crippen MR) is 64.7 cm³/mol. The van der Waals surface area contributed by atoms with Gasteiger partial charge in [0.05, 0.1) is 23.3 Å². The van der Waals surface area contributed by atoms with Gasteiger partial charge in [-0.05, 0) is 22.9 Å². The molecule has 0 atom stereocenters. The Labute approximate surface area is 111 Å². The van der Waals surface area contributed by atoms with E-state index in [9.17, 15) is 19.7 Å². The fourth-order valence-corrected chi connectivity index (χ4v) is 1.69. The minimum Gasteiger partial charge on any atom is -0.465 e. The number of tetrazole rings is 1. The van der Waals surface area contributed by atoms with Crippen LogP contribution in [0.5, 0.6) is 0 Å². The highest BCUT2D eigenvalue weighted by Crippen LogP contribution is 2.24. The number of nitro benzene ring substituents is 1. The molecule has 0 radical (unpaired) electrons. The smallest absolute Gasteiger partial charge is 0.365 e. The van der Waals surface area contributed by atoms with Crippen LogP contribution < -0.4 is 5.69 Å². The van der Waals surface area contributed by atoms with Gasteiger partial charge >= 0.3 is 11.7 Å². The summed E-state index contributed by atoms with van der Waals surface area (Å²) in [5.74, 6) is -0.746. The number of non-ortho nitro benzene ring substituents is 1. The number of hydrogen-bond acceptors (Lipinski definition) is 7. The highest BCUT2D eigenvalue weighted by atomic mass is 16.6. The molecule has 2 aromatic rings. The van der Waals surface area contributed by atoms with Gasteiger partial charge in [-0.1, -0.05) is 0 Å². The number of aromatic amines is 1. The monoisotopic (exact) mass is 279 g/mol. The lowest BCUT2D eigenvalue weighted by Gasteiger charge is -2.08. The lowest BCUT2D eigenvalue weighted by molar-refractivity contribution is -0.384. The van der Waals surface area contributed by atoms with Gasteiger partial charge in [0.25, 0.3) is 5.69 Å². The molecule has 10 nitrogen and oxygen atoms in total. The second-order valence-corrected chi connectivity index (χ2v) is 3.80. The third-order valence-electron chi connectivity index (χ3n) is 2.68. The van der Waals surface area contributed by atoms with Gasteiger partial charge in [0.15, 0.2) is 0 Å². The molecule has 0 aliphatic heterocycles. The van der Waals surface area contributed by atoms with Crippen molar-refractivity contribution in [1.82, 2.24) is 20.2 Å². The minimum absolute atomic E-state index is 0.0217. The van der Waals surface area contributed by atoms with Crippen LogP contribution in [0.4, 0.5) is 5.69 Å². The summed E-state index contributed by atoms with van der Waals surface area (Å²) in [5.41, 5.74) is -0.659. The van der Waals surface area contributed by atoms with E-state index in [4.69, 9.17) is 0 Å². The average molecular weight is 279 g/mol. The number of ether oxygens (including phenoxy) is 1. The molecule has 2 rings (SSSR count). The van der Waals surface area contributed by atoms with Crippen LogP contribution in [0.2, 0.25) is 0 Å². The van der Waals surface area contributed by atoms with Crippen LogP contribution in [0.25, 0.3) is 5.69 Å². The summed E-state index contributed by atoms with van der Waals surface area (Å²) < 4.78 is 5.39. The number of H-pyrrole nitrogens is 1. The maximum Gasteiger partial charge on any atom is 0.365 e. The van der Waals surface area contributed by atoms with Gasteiger partial charge in [-0.2, -0.15) is 4.68 Å². The van der Waals surface area contributed by atoms with Gasteiger partial charge in [-0.15, -0.1) is 0 Å². The van der Waals surface area contributed by atoms with Crippen molar-refractivity contribution in [2.75, 3.05) is 7.11 Å². The van der Waals surface area contributed by atoms with E-state index in [2.05, 4.69) is 20.3 Å². The zero-order valence-electron chi connectivity index (χ0n) is 10.5. The average Bonchev–Trinajstić information content (AvgIpc) is 2.84. The van der Waals surface area contributed by atoms with Crippen molar-refractivity contribution >= 4 is 11.7 Å².